The van der Waals surface area contributed by atoms with Crippen LogP contribution in [-0.4, -0.2) is 42.5 Å². The number of carbonyl (C=O) groups excluding carboxylic acids is 2. The highest BCUT2D eigenvalue weighted by atomic mass is 16.5. The molecule has 140 valence electrons. The van der Waals surface area contributed by atoms with Gasteiger partial charge in [0.15, 0.2) is 6.61 Å². The molecule has 6 heteroatoms. The molecule has 1 unspecified atom stereocenters. The molecule has 2 heterocycles. The van der Waals surface area contributed by atoms with Crippen LogP contribution in [0, 0.1) is 0 Å². The van der Waals surface area contributed by atoms with Crippen LogP contribution < -0.4 is 15.0 Å². The van der Waals surface area contributed by atoms with Crippen LogP contribution in [0.2, 0.25) is 0 Å². The average molecular weight is 365 g/mol. The van der Waals surface area contributed by atoms with Crippen LogP contribution in [-0.2, 0) is 16.1 Å². The van der Waals surface area contributed by atoms with E-state index < -0.39 is 6.04 Å². The molecule has 2 aliphatic rings. The molecule has 0 aliphatic carbocycles. The van der Waals surface area contributed by atoms with Gasteiger partial charge in [0.2, 0.25) is 5.91 Å². The Bertz CT molecular complexity index is 867. The molecule has 0 bridgehead atoms. The van der Waals surface area contributed by atoms with Gasteiger partial charge in [-0.25, -0.2) is 0 Å². The smallest absolute Gasteiger partial charge is 0.265 e. The highest BCUT2D eigenvalue weighted by molar-refractivity contribution is 6.03. The number of benzene rings is 2. The van der Waals surface area contributed by atoms with Crippen molar-refractivity contribution in [3.05, 3.63) is 54.1 Å². The Hall–Kier alpha value is -3.02. The second-order valence-corrected chi connectivity index (χ2v) is 6.79. The predicted octanol–water partition coefficient (Wildman–Crippen LogP) is 2.64. The van der Waals surface area contributed by atoms with Crippen molar-refractivity contribution >= 4 is 23.2 Å². The minimum Gasteiger partial charge on any atom is -0.482 e. The molecule has 0 saturated heterocycles. The number of carbonyl (C=O) groups is 2. The molecule has 2 aliphatic heterocycles. The Morgan fingerprint density at radius 1 is 1.19 bits per heavy atom. The van der Waals surface area contributed by atoms with Gasteiger partial charge in [0.1, 0.15) is 11.8 Å². The maximum atomic E-state index is 13.4. The summed E-state index contributed by atoms with van der Waals surface area (Å²) in [6.07, 6.45) is 0.546. The zero-order valence-corrected chi connectivity index (χ0v) is 15.4. The van der Waals surface area contributed by atoms with Crippen molar-refractivity contribution in [1.29, 1.82) is 0 Å². The van der Waals surface area contributed by atoms with Gasteiger partial charge in [0.25, 0.3) is 5.91 Å². The second-order valence-electron chi connectivity index (χ2n) is 6.79. The topological polar surface area (TPSA) is 61.9 Å². The third kappa shape index (κ3) is 3.23. The van der Waals surface area contributed by atoms with Gasteiger partial charge in [-0.05, 0) is 30.2 Å². The summed E-state index contributed by atoms with van der Waals surface area (Å²) in [6, 6.07) is 14.9. The van der Waals surface area contributed by atoms with Crippen molar-refractivity contribution in [3.8, 4) is 5.75 Å². The molecule has 0 spiro atoms. The first-order valence-corrected chi connectivity index (χ1v) is 9.33. The first kappa shape index (κ1) is 17.4. The number of rotatable bonds is 3. The Balaban J connectivity index is 1.63. The Kier molecular flexibility index (Phi) is 4.71. The quantitative estimate of drug-likeness (QED) is 0.908. The van der Waals surface area contributed by atoms with E-state index in [4.69, 9.17) is 4.74 Å². The number of amides is 2. The largest absolute Gasteiger partial charge is 0.482 e. The van der Waals surface area contributed by atoms with E-state index in [0.717, 1.165) is 11.3 Å². The normalized spacial score (nSPS) is 17.1. The minimum absolute atomic E-state index is 0.0268. The van der Waals surface area contributed by atoms with Crippen LogP contribution in [0.4, 0.5) is 11.4 Å². The van der Waals surface area contributed by atoms with Gasteiger partial charge in [-0.15, -0.1) is 0 Å². The Morgan fingerprint density at radius 3 is 2.81 bits per heavy atom. The molecule has 6 nitrogen and oxygen atoms in total. The van der Waals surface area contributed by atoms with Gasteiger partial charge < -0.3 is 15.0 Å². The Morgan fingerprint density at radius 2 is 1.96 bits per heavy atom. The number of anilines is 2. The summed E-state index contributed by atoms with van der Waals surface area (Å²) in [6.45, 7) is 3.73. The lowest BCUT2D eigenvalue weighted by Crippen LogP contribution is -2.53. The molecule has 1 N–H and O–H groups in total. The minimum atomic E-state index is -0.534. The van der Waals surface area contributed by atoms with E-state index in [2.05, 4.69) is 5.32 Å². The summed E-state index contributed by atoms with van der Waals surface area (Å²) in [5.41, 5.74) is 2.82. The number of nitrogens with one attached hydrogen (secondary N) is 1. The standard InChI is InChI=1S/C21H23N3O3/c1-2-17(24-18-9-5-6-10-19(18)27-14-20(24)25)21(26)23-12-11-22-16-8-4-3-7-15(16)13-23/h3-10,17,22H,2,11-14H2,1H3. The maximum Gasteiger partial charge on any atom is 0.265 e. The number of nitrogens with zero attached hydrogens (tertiary/aromatic N) is 2. The lowest BCUT2D eigenvalue weighted by atomic mass is 10.1. The van der Waals surface area contributed by atoms with E-state index in [9.17, 15) is 9.59 Å². The molecule has 0 fully saturated rings. The van der Waals surface area contributed by atoms with Gasteiger partial charge in [-0.1, -0.05) is 37.3 Å². The maximum absolute atomic E-state index is 13.4. The highest BCUT2D eigenvalue weighted by Gasteiger charge is 2.37. The van der Waals surface area contributed by atoms with Crippen molar-refractivity contribution in [1.82, 2.24) is 4.90 Å². The van der Waals surface area contributed by atoms with Crippen molar-refractivity contribution in [2.24, 2.45) is 0 Å². The molecule has 2 aromatic carbocycles. The first-order valence-electron chi connectivity index (χ1n) is 9.33. The van der Waals surface area contributed by atoms with Gasteiger partial charge in [0.05, 0.1) is 5.69 Å². The average Bonchev–Trinajstić information content (AvgIpc) is 2.92. The zero-order chi connectivity index (χ0) is 18.8. The van der Waals surface area contributed by atoms with Crippen LogP contribution in [0.25, 0.3) is 0 Å². The third-order valence-corrected chi connectivity index (χ3v) is 5.12. The zero-order valence-electron chi connectivity index (χ0n) is 15.4. The van der Waals surface area contributed by atoms with Gasteiger partial charge in [-0.3, -0.25) is 14.5 Å². The van der Waals surface area contributed by atoms with Crippen LogP contribution in [0.1, 0.15) is 18.9 Å². The summed E-state index contributed by atoms with van der Waals surface area (Å²) in [5, 5.41) is 3.38. The predicted molar refractivity (Wildman–Crippen MR) is 104 cm³/mol. The summed E-state index contributed by atoms with van der Waals surface area (Å²) >= 11 is 0. The fraction of sp³-hybridized carbons (Fsp3) is 0.333. The SMILES string of the molecule is CCC(C(=O)N1CCNc2ccccc2C1)N1C(=O)COc2ccccc21. The molecule has 0 saturated carbocycles. The monoisotopic (exact) mass is 365 g/mol. The first-order chi connectivity index (χ1) is 13.2. The second kappa shape index (κ2) is 7.31. The summed E-state index contributed by atoms with van der Waals surface area (Å²) in [7, 11) is 0. The van der Waals surface area contributed by atoms with E-state index in [1.807, 2.05) is 60.4 Å². The number of hydrogen-bond donors (Lipinski definition) is 1. The fourth-order valence-corrected chi connectivity index (χ4v) is 3.77. The van der Waals surface area contributed by atoms with E-state index in [-0.39, 0.29) is 18.4 Å². The van der Waals surface area contributed by atoms with Gasteiger partial charge >= 0.3 is 0 Å². The van der Waals surface area contributed by atoms with Gasteiger partial charge in [-0.2, -0.15) is 0 Å². The molecule has 2 amide bonds. The third-order valence-electron chi connectivity index (χ3n) is 5.12. The van der Waals surface area contributed by atoms with Crippen LogP contribution in [0.15, 0.2) is 48.5 Å². The molecule has 1 atom stereocenters. The number of hydrogen-bond acceptors (Lipinski definition) is 4. The van der Waals surface area contributed by atoms with Crippen molar-refractivity contribution in [2.75, 3.05) is 29.9 Å². The summed E-state index contributed by atoms with van der Waals surface area (Å²) < 4.78 is 5.53. The van der Waals surface area contributed by atoms with E-state index >= 15 is 0 Å². The number of fused-ring (bicyclic) bond motifs is 2. The van der Waals surface area contributed by atoms with E-state index in [1.165, 1.54) is 0 Å². The molecule has 0 radical (unpaired) electrons. The molecule has 27 heavy (non-hydrogen) atoms. The lowest BCUT2D eigenvalue weighted by molar-refractivity contribution is -0.135. The van der Waals surface area contributed by atoms with Crippen molar-refractivity contribution in [2.45, 2.75) is 25.9 Å². The number of para-hydroxylation sites is 3. The summed E-state index contributed by atoms with van der Waals surface area (Å²) in [5.74, 6) is 0.439. The molecular weight excluding hydrogens is 342 g/mol. The molecule has 4 rings (SSSR count). The summed E-state index contributed by atoms with van der Waals surface area (Å²) in [4.78, 5) is 29.5. The molecular formula is C21H23N3O3. The number of ether oxygens (including phenoxy) is 1. The van der Waals surface area contributed by atoms with Crippen LogP contribution in [0.3, 0.4) is 0 Å². The van der Waals surface area contributed by atoms with Crippen LogP contribution >= 0.6 is 0 Å². The molecule has 0 aromatic heterocycles. The van der Waals surface area contributed by atoms with Crippen LogP contribution in [0.5, 0.6) is 5.75 Å². The Labute approximate surface area is 158 Å². The highest BCUT2D eigenvalue weighted by Crippen LogP contribution is 2.34. The van der Waals surface area contributed by atoms with E-state index in [1.54, 1.807) is 4.90 Å². The van der Waals surface area contributed by atoms with E-state index in [0.29, 0.717) is 37.5 Å². The lowest BCUT2D eigenvalue weighted by Gasteiger charge is -2.37. The van der Waals surface area contributed by atoms with Gasteiger partial charge in [0, 0.05) is 25.3 Å². The van der Waals surface area contributed by atoms with Crippen molar-refractivity contribution in [3.63, 3.8) is 0 Å². The van der Waals surface area contributed by atoms with Crippen molar-refractivity contribution < 1.29 is 14.3 Å². The fourth-order valence-electron chi connectivity index (χ4n) is 3.77. The molecule has 2 aromatic rings.